The third-order valence-corrected chi connectivity index (χ3v) is 5.35. The Hall–Kier alpha value is -0.0800. The molecular formula is C16H32N2. The zero-order valence-electron chi connectivity index (χ0n) is 12.6. The summed E-state index contributed by atoms with van der Waals surface area (Å²) in [5.41, 5.74) is 0. The maximum atomic E-state index is 3.51. The Morgan fingerprint density at radius 1 is 1.11 bits per heavy atom. The molecule has 18 heavy (non-hydrogen) atoms. The second-order valence-corrected chi connectivity index (χ2v) is 6.52. The summed E-state index contributed by atoms with van der Waals surface area (Å²) in [7, 11) is 0. The number of rotatable bonds is 6. The molecule has 1 N–H and O–H groups in total. The van der Waals surface area contributed by atoms with Gasteiger partial charge in [0.2, 0.25) is 0 Å². The summed E-state index contributed by atoms with van der Waals surface area (Å²) in [6.45, 7) is 10.7. The van der Waals surface area contributed by atoms with Crippen molar-refractivity contribution in [2.75, 3.05) is 19.6 Å². The first-order valence-electron chi connectivity index (χ1n) is 8.20. The number of hydrogen-bond donors (Lipinski definition) is 1. The van der Waals surface area contributed by atoms with Crippen molar-refractivity contribution in [2.45, 2.75) is 71.4 Å². The second-order valence-electron chi connectivity index (χ2n) is 6.52. The molecule has 106 valence electrons. The van der Waals surface area contributed by atoms with E-state index in [9.17, 15) is 0 Å². The molecule has 1 saturated heterocycles. The van der Waals surface area contributed by atoms with Crippen molar-refractivity contribution in [3.05, 3.63) is 0 Å². The Bertz CT molecular complexity index is 235. The second kappa shape index (κ2) is 6.91. The lowest BCUT2D eigenvalue weighted by Gasteiger charge is -2.37. The van der Waals surface area contributed by atoms with E-state index in [2.05, 4.69) is 31.0 Å². The van der Waals surface area contributed by atoms with Crippen LogP contribution in [0.4, 0.5) is 0 Å². The van der Waals surface area contributed by atoms with Crippen LogP contribution in [-0.4, -0.2) is 36.6 Å². The molecule has 0 aromatic carbocycles. The normalized spacial score (nSPS) is 29.8. The van der Waals surface area contributed by atoms with Gasteiger partial charge in [0, 0.05) is 12.1 Å². The molecule has 1 saturated carbocycles. The number of nitrogens with one attached hydrogen (secondary N) is 1. The molecule has 2 rings (SSSR count). The van der Waals surface area contributed by atoms with Gasteiger partial charge in [0.15, 0.2) is 0 Å². The summed E-state index contributed by atoms with van der Waals surface area (Å²) >= 11 is 0. The molecule has 0 spiro atoms. The molecule has 3 atom stereocenters. The van der Waals surface area contributed by atoms with Gasteiger partial charge in [0.25, 0.3) is 0 Å². The summed E-state index contributed by atoms with van der Waals surface area (Å²) in [5.74, 6) is 1.79. The zero-order chi connectivity index (χ0) is 13.0. The smallest absolute Gasteiger partial charge is 0.0127 e. The molecule has 2 aliphatic rings. The van der Waals surface area contributed by atoms with Gasteiger partial charge >= 0.3 is 0 Å². The van der Waals surface area contributed by atoms with Crippen molar-refractivity contribution in [1.82, 2.24) is 10.2 Å². The molecule has 2 nitrogen and oxygen atoms in total. The van der Waals surface area contributed by atoms with Gasteiger partial charge in [-0.3, -0.25) is 4.90 Å². The van der Waals surface area contributed by atoms with Crippen LogP contribution in [0.5, 0.6) is 0 Å². The van der Waals surface area contributed by atoms with Gasteiger partial charge in [0.1, 0.15) is 0 Å². The first kappa shape index (κ1) is 14.3. The zero-order valence-corrected chi connectivity index (χ0v) is 12.6. The predicted molar refractivity (Wildman–Crippen MR) is 78.9 cm³/mol. The highest BCUT2D eigenvalue weighted by molar-refractivity contribution is 4.91. The third-order valence-electron chi connectivity index (χ3n) is 5.35. The van der Waals surface area contributed by atoms with E-state index in [1.54, 1.807) is 0 Å². The van der Waals surface area contributed by atoms with Crippen LogP contribution in [0.25, 0.3) is 0 Å². The largest absolute Gasteiger partial charge is 0.317 e. The summed E-state index contributed by atoms with van der Waals surface area (Å²) in [6.07, 6.45) is 8.85. The Morgan fingerprint density at radius 2 is 1.83 bits per heavy atom. The topological polar surface area (TPSA) is 15.3 Å². The van der Waals surface area contributed by atoms with Crippen LogP contribution in [0.2, 0.25) is 0 Å². The number of hydrogen-bond acceptors (Lipinski definition) is 2. The summed E-state index contributed by atoms with van der Waals surface area (Å²) < 4.78 is 0. The van der Waals surface area contributed by atoms with Crippen LogP contribution in [-0.2, 0) is 0 Å². The average molecular weight is 252 g/mol. The fourth-order valence-electron chi connectivity index (χ4n) is 4.04. The van der Waals surface area contributed by atoms with E-state index in [1.807, 2.05) is 0 Å². The Kier molecular flexibility index (Phi) is 5.50. The molecule has 0 bridgehead atoms. The highest BCUT2D eigenvalue weighted by atomic mass is 15.2. The quantitative estimate of drug-likeness (QED) is 0.780. The Morgan fingerprint density at radius 3 is 2.50 bits per heavy atom. The van der Waals surface area contributed by atoms with Gasteiger partial charge in [-0.15, -0.1) is 0 Å². The Balaban J connectivity index is 1.88. The predicted octanol–water partition coefficient (Wildman–Crippen LogP) is 3.28. The van der Waals surface area contributed by atoms with Gasteiger partial charge in [0.05, 0.1) is 0 Å². The van der Waals surface area contributed by atoms with Crippen LogP contribution >= 0.6 is 0 Å². The van der Waals surface area contributed by atoms with E-state index in [0.717, 1.165) is 30.5 Å². The number of likely N-dealkylation sites (tertiary alicyclic amines) is 1. The fourth-order valence-corrected chi connectivity index (χ4v) is 4.04. The van der Waals surface area contributed by atoms with E-state index in [4.69, 9.17) is 0 Å². The van der Waals surface area contributed by atoms with Crippen LogP contribution in [0.1, 0.15) is 59.3 Å². The maximum absolute atomic E-state index is 3.51. The molecule has 1 aliphatic carbocycles. The minimum Gasteiger partial charge on any atom is -0.317 e. The molecule has 2 heteroatoms. The maximum Gasteiger partial charge on any atom is 0.0127 e. The van der Waals surface area contributed by atoms with Crippen LogP contribution in [0.15, 0.2) is 0 Å². The van der Waals surface area contributed by atoms with Gasteiger partial charge in [-0.1, -0.05) is 26.7 Å². The average Bonchev–Trinajstić information content (AvgIpc) is 3.03. The molecule has 2 fully saturated rings. The molecule has 0 aromatic rings. The van der Waals surface area contributed by atoms with Crippen molar-refractivity contribution in [1.29, 1.82) is 0 Å². The molecule has 0 amide bonds. The first-order chi connectivity index (χ1) is 8.74. The fraction of sp³-hybridized carbons (Fsp3) is 1.00. The molecule has 1 aliphatic heterocycles. The highest BCUT2D eigenvalue weighted by Gasteiger charge is 2.36. The SMILES string of the molecule is CCNCC(C)C(C)N1CCCC1C1CCCC1. The summed E-state index contributed by atoms with van der Waals surface area (Å²) in [4.78, 5) is 2.85. The van der Waals surface area contributed by atoms with Gasteiger partial charge in [-0.25, -0.2) is 0 Å². The standard InChI is InChI=1S/C16H32N2/c1-4-17-12-13(2)14(3)18-11-7-10-16(18)15-8-5-6-9-15/h13-17H,4-12H2,1-3H3. The van der Waals surface area contributed by atoms with Crippen molar-refractivity contribution >= 4 is 0 Å². The van der Waals surface area contributed by atoms with Crippen LogP contribution in [0, 0.1) is 11.8 Å². The highest BCUT2D eigenvalue weighted by Crippen LogP contribution is 2.37. The van der Waals surface area contributed by atoms with Crippen LogP contribution in [0.3, 0.4) is 0 Å². The monoisotopic (exact) mass is 252 g/mol. The third kappa shape index (κ3) is 3.27. The molecule has 3 unspecified atom stereocenters. The lowest BCUT2D eigenvalue weighted by Crippen LogP contribution is -2.46. The van der Waals surface area contributed by atoms with Crippen LogP contribution < -0.4 is 5.32 Å². The lowest BCUT2D eigenvalue weighted by atomic mass is 9.93. The minimum absolute atomic E-state index is 0.747. The molecule has 0 aromatic heterocycles. The van der Waals surface area contributed by atoms with Gasteiger partial charge < -0.3 is 5.32 Å². The molecular weight excluding hydrogens is 220 g/mol. The molecule has 1 heterocycles. The van der Waals surface area contributed by atoms with E-state index in [1.165, 1.54) is 51.6 Å². The van der Waals surface area contributed by atoms with E-state index in [0.29, 0.717) is 0 Å². The lowest BCUT2D eigenvalue weighted by molar-refractivity contribution is 0.110. The van der Waals surface area contributed by atoms with E-state index in [-0.39, 0.29) is 0 Å². The van der Waals surface area contributed by atoms with Gasteiger partial charge in [-0.05, 0) is 64.1 Å². The van der Waals surface area contributed by atoms with Gasteiger partial charge in [-0.2, -0.15) is 0 Å². The van der Waals surface area contributed by atoms with Crippen molar-refractivity contribution in [2.24, 2.45) is 11.8 Å². The van der Waals surface area contributed by atoms with Crippen molar-refractivity contribution < 1.29 is 0 Å². The first-order valence-corrected chi connectivity index (χ1v) is 8.20. The van der Waals surface area contributed by atoms with E-state index >= 15 is 0 Å². The summed E-state index contributed by atoms with van der Waals surface area (Å²) in [5, 5.41) is 3.51. The summed E-state index contributed by atoms with van der Waals surface area (Å²) in [6, 6.07) is 1.66. The van der Waals surface area contributed by atoms with E-state index < -0.39 is 0 Å². The Labute approximate surface area is 114 Å². The van der Waals surface area contributed by atoms with Crippen molar-refractivity contribution in [3.8, 4) is 0 Å². The van der Waals surface area contributed by atoms with Crippen molar-refractivity contribution in [3.63, 3.8) is 0 Å². The minimum atomic E-state index is 0.747. The molecule has 0 radical (unpaired) electrons. The number of nitrogens with zero attached hydrogens (tertiary/aromatic N) is 1.